The van der Waals surface area contributed by atoms with Crippen molar-refractivity contribution in [2.75, 3.05) is 18.0 Å². The molecule has 1 aliphatic rings. The van der Waals surface area contributed by atoms with E-state index in [1.165, 1.54) is 12.4 Å². The Hall–Kier alpha value is -2.57. The number of anilines is 1. The summed E-state index contributed by atoms with van der Waals surface area (Å²) in [5.41, 5.74) is 0.381. The zero-order valence-electron chi connectivity index (χ0n) is 13.5. The van der Waals surface area contributed by atoms with Gasteiger partial charge in [0.05, 0.1) is 0 Å². The molecule has 0 saturated carbocycles. The Morgan fingerprint density at radius 1 is 1.25 bits per heavy atom. The summed E-state index contributed by atoms with van der Waals surface area (Å²) in [7, 11) is 0. The zero-order chi connectivity index (χ0) is 16.5. The lowest BCUT2D eigenvalue weighted by Gasteiger charge is -2.32. The number of aryl methyl sites for hydroxylation is 1. The third-order valence-corrected chi connectivity index (χ3v) is 4.64. The van der Waals surface area contributed by atoms with Crippen LogP contribution in [0, 0.1) is 5.82 Å². The number of para-hydroxylation sites is 1. The highest BCUT2D eigenvalue weighted by Gasteiger charge is 2.25. The summed E-state index contributed by atoms with van der Waals surface area (Å²) in [5, 5.41) is 8.10. The van der Waals surface area contributed by atoms with E-state index in [2.05, 4.69) is 37.0 Å². The van der Waals surface area contributed by atoms with E-state index in [4.69, 9.17) is 0 Å². The minimum Gasteiger partial charge on any atom is -0.356 e. The first-order valence-corrected chi connectivity index (χ1v) is 8.31. The van der Waals surface area contributed by atoms with E-state index in [1.807, 2.05) is 6.07 Å². The van der Waals surface area contributed by atoms with Crippen molar-refractivity contribution in [3.05, 3.63) is 42.0 Å². The quantitative estimate of drug-likeness (QED) is 0.801. The lowest BCUT2D eigenvalue weighted by molar-refractivity contribution is 0.485. The summed E-state index contributed by atoms with van der Waals surface area (Å²) >= 11 is 0. The first-order valence-electron chi connectivity index (χ1n) is 8.31. The molecule has 0 bridgehead atoms. The van der Waals surface area contributed by atoms with E-state index in [0.29, 0.717) is 11.4 Å². The normalized spacial score (nSPS) is 16.0. The second-order valence-corrected chi connectivity index (χ2v) is 6.09. The lowest BCUT2D eigenvalue weighted by Crippen LogP contribution is -2.34. The van der Waals surface area contributed by atoms with Crippen LogP contribution in [0.4, 0.5) is 10.2 Å². The van der Waals surface area contributed by atoms with Gasteiger partial charge in [0, 0.05) is 30.8 Å². The third-order valence-electron chi connectivity index (χ3n) is 4.64. The Labute approximate surface area is 139 Å². The van der Waals surface area contributed by atoms with Crippen molar-refractivity contribution >= 4 is 16.7 Å². The van der Waals surface area contributed by atoms with Crippen molar-refractivity contribution in [2.24, 2.45) is 0 Å². The van der Waals surface area contributed by atoms with Crippen LogP contribution in [0.3, 0.4) is 0 Å². The Morgan fingerprint density at radius 3 is 2.83 bits per heavy atom. The van der Waals surface area contributed by atoms with Crippen LogP contribution in [0.5, 0.6) is 0 Å². The van der Waals surface area contributed by atoms with Crippen LogP contribution in [0.15, 0.2) is 24.5 Å². The number of halogens is 1. The molecule has 3 aromatic rings. The summed E-state index contributed by atoms with van der Waals surface area (Å²) in [6.45, 7) is 3.76. The van der Waals surface area contributed by atoms with Crippen molar-refractivity contribution in [3.63, 3.8) is 0 Å². The highest BCUT2D eigenvalue weighted by molar-refractivity contribution is 5.89. The molecular weight excluding hydrogens is 307 g/mol. The summed E-state index contributed by atoms with van der Waals surface area (Å²) in [6.07, 6.45) is 4.23. The molecule has 4 rings (SSSR count). The number of aromatic nitrogens is 5. The molecule has 2 aromatic heterocycles. The fourth-order valence-electron chi connectivity index (χ4n) is 3.29. The van der Waals surface area contributed by atoms with Gasteiger partial charge in [-0.05, 0) is 25.0 Å². The fraction of sp³-hybridized carbons (Fsp3) is 0.412. The Kier molecular flexibility index (Phi) is 3.84. The number of fused-ring (bicyclic) bond motifs is 1. The van der Waals surface area contributed by atoms with Gasteiger partial charge in [-0.15, -0.1) is 0 Å². The monoisotopic (exact) mass is 326 g/mol. The van der Waals surface area contributed by atoms with Crippen molar-refractivity contribution in [1.29, 1.82) is 0 Å². The Balaban J connectivity index is 1.55. The van der Waals surface area contributed by atoms with Crippen molar-refractivity contribution in [2.45, 2.75) is 32.1 Å². The van der Waals surface area contributed by atoms with Crippen molar-refractivity contribution in [3.8, 4) is 0 Å². The molecule has 6 nitrogen and oxygen atoms in total. The van der Waals surface area contributed by atoms with Crippen LogP contribution < -0.4 is 4.90 Å². The Bertz CT molecular complexity index is 853. The maximum atomic E-state index is 13.9. The minimum atomic E-state index is -0.307. The van der Waals surface area contributed by atoms with E-state index in [9.17, 15) is 4.39 Å². The zero-order valence-corrected chi connectivity index (χ0v) is 13.5. The van der Waals surface area contributed by atoms with Crippen LogP contribution in [-0.2, 0) is 6.42 Å². The maximum Gasteiger partial charge on any atom is 0.153 e. The molecule has 7 heteroatoms. The fourth-order valence-corrected chi connectivity index (χ4v) is 3.29. The molecule has 1 saturated heterocycles. The number of rotatable bonds is 3. The predicted molar refractivity (Wildman–Crippen MR) is 89.4 cm³/mol. The van der Waals surface area contributed by atoms with Gasteiger partial charge in [0.1, 0.15) is 29.3 Å². The molecule has 124 valence electrons. The topological polar surface area (TPSA) is 70.6 Å². The van der Waals surface area contributed by atoms with E-state index in [-0.39, 0.29) is 5.82 Å². The maximum absolute atomic E-state index is 13.9. The summed E-state index contributed by atoms with van der Waals surface area (Å²) in [6, 6.07) is 5.01. The number of nitrogens with one attached hydrogen (secondary N) is 1. The average Bonchev–Trinajstić information content (AvgIpc) is 3.11. The number of nitrogens with zero attached hydrogens (tertiary/aromatic N) is 5. The number of aromatic amines is 1. The van der Waals surface area contributed by atoms with Gasteiger partial charge < -0.3 is 4.90 Å². The number of H-pyrrole nitrogens is 1. The smallest absolute Gasteiger partial charge is 0.153 e. The lowest BCUT2D eigenvalue weighted by atomic mass is 9.96. The minimum absolute atomic E-state index is 0.307. The highest BCUT2D eigenvalue weighted by atomic mass is 19.1. The molecule has 0 radical (unpaired) electrons. The largest absolute Gasteiger partial charge is 0.356 e. The van der Waals surface area contributed by atoms with Gasteiger partial charge in [-0.1, -0.05) is 13.0 Å². The van der Waals surface area contributed by atoms with Gasteiger partial charge in [-0.3, -0.25) is 5.10 Å². The first kappa shape index (κ1) is 15.0. The number of hydrogen-bond acceptors (Lipinski definition) is 5. The summed E-state index contributed by atoms with van der Waals surface area (Å²) in [4.78, 5) is 15.2. The number of benzene rings is 1. The van der Waals surface area contributed by atoms with Gasteiger partial charge >= 0.3 is 0 Å². The van der Waals surface area contributed by atoms with Gasteiger partial charge in [0.2, 0.25) is 0 Å². The average molecular weight is 326 g/mol. The van der Waals surface area contributed by atoms with Crippen LogP contribution in [-0.4, -0.2) is 38.2 Å². The predicted octanol–water partition coefficient (Wildman–Crippen LogP) is 2.83. The molecule has 1 N–H and O–H groups in total. The summed E-state index contributed by atoms with van der Waals surface area (Å²) in [5.74, 6) is 2.71. The molecule has 3 heterocycles. The second-order valence-electron chi connectivity index (χ2n) is 6.09. The van der Waals surface area contributed by atoms with E-state index in [0.717, 1.165) is 55.2 Å². The van der Waals surface area contributed by atoms with E-state index >= 15 is 0 Å². The number of hydrogen-bond donors (Lipinski definition) is 1. The molecule has 1 fully saturated rings. The summed E-state index contributed by atoms with van der Waals surface area (Å²) < 4.78 is 13.9. The standard InChI is InChI=1S/C17H19FN6/c1-2-14-21-16(23-22-14)11-6-8-24(9-7-11)17-12-4-3-5-13(18)15(12)19-10-20-17/h3-5,10-11H,2,6-9H2,1H3,(H,21,22,23). The van der Waals surface area contributed by atoms with Gasteiger partial charge in [-0.2, -0.15) is 5.10 Å². The molecule has 1 aliphatic heterocycles. The molecule has 24 heavy (non-hydrogen) atoms. The Morgan fingerprint density at radius 2 is 2.08 bits per heavy atom. The third kappa shape index (κ3) is 2.60. The van der Waals surface area contributed by atoms with E-state index < -0.39 is 0 Å². The molecular formula is C17H19FN6. The molecule has 0 aliphatic carbocycles. The van der Waals surface area contributed by atoms with Crippen molar-refractivity contribution < 1.29 is 4.39 Å². The number of piperidine rings is 1. The van der Waals surface area contributed by atoms with Crippen molar-refractivity contribution in [1.82, 2.24) is 25.1 Å². The van der Waals surface area contributed by atoms with Gasteiger partial charge in [-0.25, -0.2) is 19.3 Å². The molecule has 1 aromatic carbocycles. The van der Waals surface area contributed by atoms with E-state index in [1.54, 1.807) is 6.07 Å². The molecule has 0 spiro atoms. The molecule has 0 amide bonds. The SMILES string of the molecule is CCc1nc(C2CCN(c3ncnc4c(F)cccc34)CC2)n[nH]1. The van der Waals surface area contributed by atoms with Gasteiger partial charge in [0.15, 0.2) is 5.82 Å². The molecule has 0 atom stereocenters. The van der Waals surface area contributed by atoms with Crippen LogP contribution >= 0.6 is 0 Å². The first-order chi connectivity index (χ1) is 11.8. The van der Waals surface area contributed by atoms with Crippen LogP contribution in [0.25, 0.3) is 10.9 Å². The highest BCUT2D eigenvalue weighted by Crippen LogP contribution is 2.31. The molecule has 0 unspecified atom stereocenters. The van der Waals surface area contributed by atoms with Crippen LogP contribution in [0.1, 0.15) is 37.3 Å². The second kappa shape index (κ2) is 6.14. The van der Waals surface area contributed by atoms with Gasteiger partial charge in [0.25, 0.3) is 0 Å². The van der Waals surface area contributed by atoms with Crippen LogP contribution in [0.2, 0.25) is 0 Å².